The minimum absolute atomic E-state index is 0.125. The summed E-state index contributed by atoms with van der Waals surface area (Å²) in [5.41, 5.74) is 3.73. The second kappa shape index (κ2) is 9.14. The van der Waals surface area contributed by atoms with Crippen molar-refractivity contribution in [3.8, 4) is 11.3 Å². The highest BCUT2D eigenvalue weighted by Gasteiger charge is 2.40. The van der Waals surface area contributed by atoms with Crippen LogP contribution in [0.5, 0.6) is 0 Å². The van der Waals surface area contributed by atoms with Gasteiger partial charge in [-0.25, -0.2) is 9.97 Å². The third kappa shape index (κ3) is 4.03. The molecule has 6 rings (SSSR count). The van der Waals surface area contributed by atoms with E-state index in [1.54, 1.807) is 13.1 Å². The van der Waals surface area contributed by atoms with Gasteiger partial charge in [-0.15, -0.1) is 0 Å². The van der Waals surface area contributed by atoms with Gasteiger partial charge in [0.15, 0.2) is 5.65 Å². The van der Waals surface area contributed by atoms with Crippen molar-refractivity contribution in [2.24, 2.45) is 0 Å². The van der Waals surface area contributed by atoms with Crippen molar-refractivity contribution in [3.05, 3.63) is 47.7 Å². The fourth-order valence-corrected chi connectivity index (χ4v) is 5.47. The molecule has 2 bridgehead atoms. The van der Waals surface area contributed by atoms with Gasteiger partial charge in [0.1, 0.15) is 6.10 Å². The van der Waals surface area contributed by atoms with Crippen LogP contribution in [0.2, 0.25) is 0 Å². The molecule has 3 aliphatic heterocycles. The second-order valence-corrected chi connectivity index (χ2v) is 9.50. The summed E-state index contributed by atoms with van der Waals surface area (Å²) in [5, 5.41) is 7.08. The number of hydrogen-bond acceptors (Lipinski definition) is 8. The molecule has 2 aromatic heterocycles. The summed E-state index contributed by atoms with van der Waals surface area (Å²) in [6, 6.07) is 12.2. The maximum Gasteiger partial charge on any atom is 0.251 e. The Balaban J connectivity index is 1.48. The Kier molecular flexibility index (Phi) is 5.83. The van der Waals surface area contributed by atoms with E-state index in [-0.39, 0.29) is 30.1 Å². The summed E-state index contributed by atoms with van der Waals surface area (Å²) >= 11 is 0. The van der Waals surface area contributed by atoms with Crippen LogP contribution in [0.4, 0.5) is 5.95 Å². The fraction of sp³-hybridized carbons (Fsp3) is 0.462. The van der Waals surface area contributed by atoms with E-state index in [1.165, 1.54) is 0 Å². The summed E-state index contributed by atoms with van der Waals surface area (Å²) in [4.78, 5) is 29.5. The Hall–Kier alpha value is -3.14. The quantitative estimate of drug-likeness (QED) is 0.595. The number of anilines is 1. The Morgan fingerprint density at radius 2 is 1.94 bits per heavy atom. The number of benzene rings is 1. The molecule has 3 aromatic rings. The van der Waals surface area contributed by atoms with Gasteiger partial charge in [-0.1, -0.05) is 12.1 Å². The summed E-state index contributed by atoms with van der Waals surface area (Å²) in [7, 11) is 1.63. The van der Waals surface area contributed by atoms with Gasteiger partial charge in [0, 0.05) is 36.1 Å². The van der Waals surface area contributed by atoms with E-state index >= 15 is 0 Å². The number of rotatable bonds is 4. The van der Waals surface area contributed by atoms with Gasteiger partial charge in [-0.2, -0.15) is 4.98 Å². The second-order valence-electron chi connectivity index (χ2n) is 9.50. The van der Waals surface area contributed by atoms with Crippen LogP contribution in [0, 0.1) is 0 Å². The molecule has 4 unspecified atom stereocenters. The number of carbonyl (C=O) groups is 1. The number of ether oxygens (including phenoxy) is 2. The summed E-state index contributed by atoms with van der Waals surface area (Å²) in [5.74, 6) is 0.576. The molecule has 4 atom stereocenters. The van der Waals surface area contributed by atoms with E-state index in [0.29, 0.717) is 37.0 Å². The number of carbonyl (C=O) groups excluding carboxylic acids is 1. The van der Waals surface area contributed by atoms with Crippen molar-refractivity contribution < 1.29 is 14.3 Å². The van der Waals surface area contributed by atoms with Crippen molar-refractivity contribution in [1.29, 1.82) is 0 Å². The van der Waals surface area contributed by atoms with Gasteiger partial charge >= 0.3 is 0 Å². The lowest BCUT2D eigenvalue weighted by Gasteiger charge is -2.36. The third-order valence-corrected chi connectivity index (χ3v) is 7.29. The first-order chi connectivity index (χ1) is 17.1. The molecule has 35 heavy (non-hydrogen) atoms. The summed E-state index contributed by atoms with van der Waals surface area (Å²) < 4.78 is 12.0. The van der Waals surface area contributed by atoms with E-state index in [0.717, 1.165) is 41.7 Å². The molecule has 1 amide bonds. The average Bonchev–Trinajstić information content (AvgIpc) is 3.15. The van der Waals surface area contributed by atoms with Gasteiger partial charge in [-0.3, -0.25) is 4.79 Å². The number of nitrogens with one attached hydrogen (secondary N) is 2. The van der Waals surface area contributed by atoms with Crippen LogP contribution in [0.1, 0.15) is 41.9 Å². The molecule has 3 saturated heterocycles. The SMILES string of the molecule is CNC(=O)c1cccc(-c2ccc3c(C4OCCNC4C)nc(N4C5CCC4COC5)nc3n2)c1. The lowest BCUT2D eigenvalue weighted by atomic mass is 10.0. The topological polar surface area (TPSA) is 102 Å². The lowest BCUT2D eigenvalue weighted by molar-refractivity contribution is -0.00191. The molecule has 3 fully saturated rings. The van der Waals surface area contributed by atoms with E-state index < -0.39 is 0 Å². The first-order valence-corrected chi connectivity index (χ1v) is 12.3. The predicted octanol–water partition coefficient (Wildman–Crippen LogP) is 2.47. The zero-order chi connectivity index (χ0) is 23.9. The fourth-order valence-electron chi connectivity index (χ4n) is 5.47. The summed E-state index contributed by atoms with van der Waals surface area (Å²) in [6.45, 7) is 4.99. The Bertz CT molecular complexity index is 1250. The van der Waals surface area contributed by atoms with E-state index in [2.05, 4.69) is 22.5 Å². The molecule has 1 aromatic carbocycles. The Morgan fingerprint density at radius 1 is 1.11 bits per heavy atom. The van der Waals surface area contributed by atoms with Gasteiger partial charge < -0.3 is 25.0 Å². The standard InChI is InChI=1S/C26H30N6O3/c1-15-23(35-11-10-28-15)22-20-8-9-21(16-4-3-5-17(12-16)25(33)27-2)29-24(20)31-26(30-22)32-18-6-7-19(32)14-34-13-18/h3-5,8-9,12,15,18-19,23,28H,6-7,10-11,13-14H2,1-2H3,(H,27,33). The maximum atomic E-state index is 12.2. The molecule has 0 spiro atoms. The van der Waals surface area contributed by atoms with Gasteiger partial charge in [0.25, 0.3) is 5.91 Å². The number of amides is 1. The number of pyridine rings is 1. The molecule has 0 radical (unpaired) electrons. The number of fused-ring (bicyclic) bond motifs is 3. The largest absolute Gasteiger partial charge is 0.377 e. The molecule has 9 nitrogen and oxygen atoms in total. The highest BCUT2D eigenvalue weighted by atomic mass is 16.5. The molecule has 5 heterocycles. The molecule has 0 aliphatic carbocycles. The highest BCUT2D eigenvalue weighted by molar-refractivity contribution is 5.95. The van der Waals surface area contributed by atoms with Crippen LogP contribution in [0.15, 0.2) is 36.4 Å². The number of nitrogens with zero attached hydrogens (tertiary/aromatic N) is 4. The molecular formula is C26H30N6O3. The van der Waals surface area contributed by atoms with Crippen LogP contribution >= 0.6 is 0 Å². The predicted molar refractivity (Wildman–Crippen MR) is 132 cm³/mol. The van der Waals surface area contributed by atoms with Crippen LogP contribution in [-0.4, -0.2) is 72.4 Å². The van der Waals surface area contributed by atoms with Gasteiger partial charge in [0.05, 0.1) is 43.3 Å². The van der Waals surface area contributed by atoms with Gasteiger partial charge in [-0.05, 0) is 44.0 Å². The van der Waals surface area contributed by atoms with Crippen LogP contribution in [-0.2, 0) is 9.47 Å². The van der Waals surface area contributed by atoms with Crippen molar-refractivity contribution in [3.63, 3.8) is 0 Å². The third-order valence-electron chi connectivity index (χ3n) is 7.29. The molecule has 182 valence electrons. The maximum absolute atomic E-state index is 12.2. The number of aromatic nitrogens is 3. The number of morpholine rings is 2. The average molecular weight is 475 g/mol. The lowest BCUT2D eigenvalue weighted by Crippen LogP contribution is -2.47. The van der Waals surface area contributed by atoms with E-state index in [4.69, 9.17) is 24.4 Å². The molecule has 9 heteroatoms. The molecule has 3 aliphatic rings. The summed E-state index contributed by atoms with van der Waals surface area (Å²) in [6.07, 6.45) is 1.98. The highest BCUT2D eigenvalue weighted by Crippen LogP contribution is 2.36. The monoisotopic (exact) mass is 474 g/mol. The molecule has 2 N–H and O–H groups in total. The first-order valence-electron chi connectivity index (χ1n) is 12.3. The van der Waals surface area contributed by atoms with E-state index in [9.17, 15) is 4.79 Å². The molecular weight excluding hydrogens is 444 g/mol. The van der Waals surface area contributed by atoms with Crippen molar-refractivity contribution in [2.75, 3.05) is 38.3 Å². The zero-order valence-electron chi connectivity index (χ0n) is 20.0. The minimum atomic E-state index is -0.184. The molecule has 0 saturated carbocycles. The van der Waals surface area contributed by atoms with Crippen molar-refractivity contribution >= 4 is 22.9 Å². The zero-order valence-corrected chi connectivity index (χ0v) is 20.0. The van der Waals surface area contributed by atoms with Crippen LogP contribution in [0.3, 0.4) is 0 Å². The number of hydrogen-bond donors (Lipinski definition) is 2. The normalized spacial score (nSPS) is 26.2. The van der Waals surface area contributed by atoms with E-state index in [1.807, 2.05) is 30.3 Å². The minimum Gasteiger partial charge on any atom is -0.377 e. The van der Waals surface area contributed by atoms with Crippen molar-refractivity contribution in [1.82, 2.24) is 25.6 Å². The van der Waals surface area contributed by atoms with Gasteiger partial charge in [0.2, 0.25) is 5.95 Å². The Labute approximate surface area is 204 Å². The van der Waals surface area contributed by atoms with Crippen molar-refractivity contribution in [2.45, 2.75) is 44.0 Å². The first kappa shape index (κ1) is 22.3. The Morgan fingerprint density at radius 3 is 2.71 bits per heavy atom. The smallest absolute Gasteiger partial charge is 0.251 e. The van der Waals surface area contributed by atoms with Crippen LogP contribution in [0.25, 0.3) is 22.3 Å². The van der Waals surface area contributed by atoms with Crippen LogP contribution < -0.4 is 15.5 Å².